The molecule has 1 atom stereocenters. The van der Waals surface area contributed by atoms with Crippen molar-refractivity contribution in [2.24, 2.45) is 0 Å². The zero-order valence-electron chi connectivity index (χ0n) is 9.95. The topological polar surface area (TPSA) is 58.6 Å². The summed E-state index contributed by atoms with van der Waals surface area (Å²) in [6.45, 7) is 2.26. The molecule has 0 saturated heterocycles. The molecule has 0 heterocycles. The van der Waals surface area contributed by atoms with Gasteiger partial charge in [0.1, 0.15) is 0 Å². The fraction of sp³-hybridized carbons (Fsp3) is 0.417. The van der Waals surface area contributed by atoms with Crippen molar-refractivity contribution < 1.29 is 14.6 Å². The van der Waals surface area contributed by atoms with Crippen LogP contribution in [0.3, 0.4) is 0 Å². The van der Waals surface area contributed by atoms with E-state index in [2.05, 4.69) is 5.32 Å². The van der Waals surface area contributed by atoms with Crippen LogP contribution in [0.1, 0.15) is 13.3 Å². The van der Waals surface area contributed by atoms with Crippen LogP contribution in [-0.4, -0.2) is 30.3 Å². The zero-order chi connectivity index (χ0) is 13.5. The Morgan fingerprint density at radius 3 is 2.78 bits per heavy atom. The molecule has 0 aliphatic carbocycles. The highest BCUT2D eigenvalue weighted by atomic mass is 35.5. The second-order valence-corrected chi connectivity index (χ2v) is 4.49. The predicted octanol–water partition coefficient (Wildman–Crippen LogP) is 2.72. The lowest BCUT2D eigenvalue weighted by Crippen LogP contribution is -2.23. The average molecular weight is 292 g/mol. The van der Waals surface area contributed by atoms with E-state index in [9.17, 15) is 9.90 Å². The third kappa shape index (κ3) is 5.12. The summed E-state index contributed by atoms with van der Waals surface area (Å²) in [5, 5.41) is 13.5. The largest absolute Gasteiger partial charge is 0.466 e. The molecule has 0 radical (unpaired) electrons. The first-order valence-electron chi connectivity index (χ1n) is 5.55. The minimum Gasteiger partial charge on any atom is -0.466 e. The van der Waals surface area contributed by atoms with Crippen molar-refractivity contribution in [3.05, 3.63) is 28.2 Å². The van der Waals surface area contributed by atoms with Crippen LogP contribution in [0, 0.1) is 0 Å². The van der Waals surface area contributed by atoms with Gasteiger partial charge in [-0.3, -0.25) is 4.79 Å². The first-order valence-corrected chi connectivity index (χ1v) is 6.31. The maximum Gasteiger partial charge on any atom is 0.308 e. The van der Waals surface area contributed by atoms with Gasteiger partial charge in [-0.1, -0.05) is 23.2 Å². The number of aliphatic hydroxyl groups is 1. The van der Waals surface area contributed by atoms with Crippen molar-refractivity contribution in [2.45, 2.75) is 19.4 Å². The average Bonchev–Trinajstić information content (AvgIpc) is 2.31. The molecule has 1 unspecified atom stereocenters. The number of halogens is 2. The quantitative estimate of drug-likeness (QED) is 0.791. The summed E-state index contributed by atoms with van der Waals surface area (Å²) in [6, 6.07) is 5.05. The second-order valence-electron chi connectivity index (χ2n) is 3.67. The van der Waals surface area contributed by atoms with Crippen molar-refractivity contribution in [1.29, 1.82) is 0 Å². The highest BCUT2D eigenvalue weighted by molar-refractivity contribution is 6.42. The monoisotopic (exact) mass is 291 g/mol. The van der Waals surface area contributed by atoms with Gasteiger partial charge in [0, 0.05) is 12.2 Å². The van der Waals surface area contributed by atoms with Crippen LogP contribution >= 0.6 is 23.2 Å². The third-order valence-corrected chi connectivity index (χ3v) is 2.91. The summed E-state index contributed by atoms with van der Waals surface area (Å²) in [4.78, 5) is 11.1. The maximum atomic E-state index is 11.1. The molecule has 0 saturated carbocycles. The van der Waals surface area contributed by atoms with Crippen molar-refractivity contribution >= 4 is 34.9 Å². The van der Waals surface area contributed by atoms with Gasteiger partial charge in [0.05, 0.1) is 29.2 Å². The third-order valence-electron chi connectivity index (χ3n) is 2.17. The number of carbonyl (C=O) groups excluding carboxylic acids is 1. The number of hydrogen-bond donors (Lipinski definition) is 2. The number of hydrogen-bond acceptors (Lipinski definition) is 4. The Kier molecular flexibility index (Phi) is 6.25. The highest BCUT2D eigenvalue weighted by Crippen LogP contribution is 2.24. The van der Waals surface area contributed by atoms with Crippen LogP contribution in [0.15, 0.2) is 18.2 Å². The van der Waals surface area contributed by atoms with Gasteiger partial charge in [-0.15, -0.1) is 0 Å². The first-order chi connectivity index (χ1) is 8.52. The summed E-state index contributed by atoms with van der Waals surface area (Å²) in [7, 11) is 0. The number of ether oxygens (including phenoxy) is 1. The van der Waals surface area contributed by atoms with Gasteiger partial charge in [0.2, 0.25) is 0 Å². The number of benzene rings is 1. The van der Waals surface area contributed by atoms with Gasteiger partial charge in [0.15, 0.2) is 0 Å². The molecule has 1 aromatic carbocycles. The molecule has 100 valence electrons. The summed E-state index contributed by atoms with van der Waals surface area (Å²) in [5.74, 6) is -0.416. The lowest BCUT2D eigenvalue weighted by atomic mass is 10.2. The van der Waals surface area contributed by atoms with Gasteiger partial charge in [-0.25, -0.2) is 0 Å². The molecule has 0 spiro atoms. The van der Waals surface area contributed by atoms with Crippen LogP contribution in [0.4, 0.5) is 5.69 Å². The summed E-state index contributed by atoms with van der Waals surface area (Å²) < 4.78 is 4.73. The van der Waals surface area contributed by atoms with Crippen molar-refractivity contribution in [3.8, 4) is 0 Å². The smallest absolute Gasteiger partial charge is 0.308 e. The van der Waals surface area contributed by atoms with Gasteiger partial charge in [-0.2, -0.15) is 0 Å². The Morgan fingerprint density at radius 1 is 1.44 bits per heavy atom. The Labute approximate surface area is 116 Å². The zero-order valence-corrected chi connectivity index (χ0v) is 11.5. The molecule has 0 aliphatic rings. The van der Waals surface area contributed by atoms with E-state index in [0.717, 1.165) is 5.69 Å². The minimum atomic E-state index is -0.807. The first kappa shape index (κ1) is 15.1. The molecule has 2 N–H and O–H groups in total. The number of anilines is 1. The number of esters is 1. The van der Waals surface area contributed by atoms with Crippen LogP contribution in [-0.2, 0) is 9.53 Å². The molecule has 0 aliphatic heterocycles. The van der Waals surface area contributed by atoms with E-state index in [0.29, 0.717) is 16.7 Å². The number of carbonyl (C=O) groups is 1. The molecule has 0 aromatic heterocycles. The molecule has 1 rings (SSSR count). The molecular formula is C12H15Cl2NO3. The number of aliphatic hydroxyl groups excluding tert-OH is 1. The minimum absolute atomic E-state index is 0.0395. The van der Waals surface area contributed by atoms with Crippen LogP contribution < -0.4 is 5.32 Å². The van der Waals surface area contributed by atoms with Crippen LogP contribution in [0.2, 0.25) is 10.0 Å². The van der Waals surface area contributed by atoms with E-state index in [1.807, 2.05) is 0 Å². The molecule has 18 heavy (non-hydrogen) atoms. The molecular weight excluding hydrogens is 277 g/mol. The fourth-order valence-corrected chi connectivity index (χ4v) is 1.62. The second kappa shape index (κ2) is 7.46. The van der Waals surface area contributed by atoms with Gasteiger partial charge < -0.3 is 15.2 Å². The standard InChI is InChI=1S/C12H15Cl2NO3/c1-2-18-12(17)6-9(16)7-15-8-3-4-10(13)11(14)5-8/h3-5,9,15-16H,2,6-7H2,1H3. The van der Waals surface area contributed by atoms with E-state index in [4.69, 9.17) is 27.9 Å². The normalized spacial score (nSPS) is 12.0. The molecule has 0 bridgehead atoms. The molecule has 0 fully saturated rings. The highest BCUT2D eigenvalue weighted by Gasteiger charge is 2.11. The van der Waals surface area contributed by atoms with Crippen molar-refractivity contribution in [1.82, 2.24) is 0 Å². The summed E-state index contributed by atoms with van der Waals surface area (Å²) >= 11 is 11.6. The lowest BCUT2D eigenvalue weighted by Gasteiger charge is -2.12. The van der Waals surface area contributed by atoms with E-state index in [1.165, 1.54) is 0 Å². The number of nitrogens with one attached hydrogen (secondary N) is 1. The lowest BCUT2D eigenvalue weighted by molar-refractivity contribution is -0.145. The Bertz CT molecular complexity index is 412. The molecule has 0 amide bonds. The molecule has 4 nitrogen and oxygen atoms in total. The van der Waals surface area contributed by atoms with Crippen molar-refractivity contribution in [2.75, 3.05) is 18.5 Å². The van der Waals surface area contributed by atoms with E-state index in [-0.39, 0.29) is 13.0 Å². The SMILES string of the molecule is CCOC(=O)CC(O)CNc1ccc(Cl)c(Cl)c1. The Morgan fingerprint density at radius 2 is 2.17 bits per heavy atom. The van der Waals surface area contributed by atoms with Crippen LogP contribution in [0.5, 0.6) is 0 Å². The van der Waals surface area contributed by atoms with E-state index < -0.39 is 12.1 Å². The van der Waals surface area contributed by atoms with Crippen LogP contribution in [0.25, 0.3) is 0 Å². The number of rotatable bonds is 6. The van der Waals surface area contributed by atoms with Gasteiger partial charge >= 0.3 is 5.97 Å². The van der Waals surface area contributed by atoms with Gasteiger partial charge in [-0.05, 0) is 25.1 Å². The molecule has 1 aromatic rings. The van der Waals surface area contributed by atoms with E-state index in [1.54, 1.807) is 25.1 Å². The summed E-state index contributed by atoms with van der Waals surface area (Å²) in [6.07, 6.45) is -0.846. The van der Waals surface area contributed by atoms with E-state index >= 15 is 0 Å². The predicted molar refractivity (Wildman–Crippen MR) is 72.2 cm³/mol. The van der Waals surface area contributed by atoms with Gasteiger partial charge in [0.25, 0.3) is 0 Å². The molecule has 6 heteroatoms. The Balaban J connectivity index is 2.40. The fourth-order valence-electron chi connectivity index (χ4n) is 1.33. The Hall–Kier alpha value is -0.970. The van der Waals surface area contributed by atoms with Crippen molar-refractivity contribution in [3.63, 3.8) is 0 Å². The summed E-state index contributed by atoms with van der Waals surface area (Å²) in [5.41, 5.74) is 0.729. The maximum absolute atomic E-state index is 11.1.